The summed E-state index contributed by atoms with van der Waals surface area (Å²) in [6.45, 7) is 4.13. The average Bonchev–Trinajstić information content (AvgIpc) is 3.28. The summed E-state index contributed by atoms with van der Waals surface area (Å²) in [6.07, 6.45) is 6.11. The highest BCUT2D eigenvalue weighted by molar-refractivity contribution is 5.76. The first-order valence-electron chi connectivity index (χ1n) is 8.00. The molecule has 0 bridgehead atoms. The van der Waals surface area contributed by atoms with E-state index in [1.807, 2.05) is 4.90 Å². The van der Waals surface area contributed by atoms with Gasteiger partial charge in [0, 0.05) is 39.2 Å². The van der Waals surface area contributed by atoms with E-state index in [-0.39, 0.29) is 5.91 Å². The number of aliphatic hydroxyl groups excluding tert-OH is 1. The smallest absolute Gasteiger partial charge is 0.223 e. The Morgan fingerprint density at radius 1 is 1.30 bits per heavy atom. The molecule has 2 N–H and O–H groups in total. The number of carbonyl (C=O) groups excluding carboxylic acids is 1. The van der Waals surface area contributed by atoms with Crippen LogP contribution in [0.5, 0.6) is 0 Å². The highest BCUT2D eigenvalue weighted by atomic mass is 16.5. The van der Waals surface area contributed by atoms with Crippen LogP contribution in [0.2, 0.25) is 0 Å². The minimum atomic E-state index is -0.473. The molecular formula is C15H28N2O3. The zero-order chi connectivity index (χ0) is 14.2. The lowest BCUT2D eigenvalue weighted by Crippen LogP contribution is -2.38. The molecule has 1 unspecified atom stereocenters. The maximum absolute atomic E-state index is 11.9. The lowest BCUT2D eigenvalue weighted by molar-refractivity contribution is -0.132. The third-order valence-corrected chi connectivity index (χ3v) is 3.97. The van der Waals surface area contributed by atoms with Crippen LogP contribution in [-0.4, -0.2) is 61.4 Å². The zero-order valence-corrected chi connectivity index (χ0v) is 12.4. The van der Waals surface area contributed by atoms with Crippen LogP contribution in [-0.2, 0) is 9.53 Å². The van der Waals surface area contributed by atoms with Crippen molar-refractivity contribution in [3.63, 3.8) is 0 Å². The molecule has 20 heavy (non-hydrogen) atoms. The molecule has 1 amide bonds. The molecule has 1 saturated carbocycles. The van der Waals surface area contributed by atoms with Crippen molar-refractivity contribution in [3.8, 4) is 0 Å². The fraction of sp³-hybridized carbons (Fsp3) is 0.933. The van der Waals surface area contributed by atoms with Crippen LogP contribution in [0, 0.1) is 5.92 Å². The van der Waals surface area contributed by atoms with E-state index in [0.29, 0.717) is 26.1 Å². The van der Waals surface area contributed by atoms with Crippen LogP contribution >= 0.6 is 0 Å². The standard InChI is InChI=1S/C15H28N2O3/c18-14(12-20-11-13-4-5-13)10-16-7-6-15(19)17-8-2-1-3-9-17/h13-14,16,18H,1-12H2. The van der Waals surface area contributed by atoms with Crippen molar-refractivity contribution >= 4 is 5.91 Å². The molecule has 2 rings (SSSR count). The zero-order valence-electron chi connectivity index (χ0n) is 12.4. The third-order valence-electron chi connectivity index (χ3n) is 3.97. The van der Waals surface area contributed by atoms with Gasteiger partial charge >= 0.3 is 0 Å². The van der Waals surface area contributed by atoms with E-state index in [1.54, 1.807) is 0 Å². The normalized spacial score (nSPS) is 20.9. The van der Waals surface area contributed by atoms with Crippen molar-refractivity contribution in [2.24, 2.45) is 5.92 Å². The fourth-order valence-corrected chi connectivity index (χ4v) is 2.48. The highest BCUT2D eigenvalue weighted by Gasteiger charge is 2.21. The summed E-state index contributed by atoms with van der Waals surface area (Å²) in [4.78, 5) is 13.9. The SMILES string of the molecule is O=C(CCNCC(O)COCC1CC1)N1CCCCC1. The van der Waals surface area contributed by atoms with Gasteiger partial charge in [0.05, 0.1) is 12.7 Å². The van der Waals surface area contributed by atoms with Crippen LogP contribution in [0.3, 0.4) is 0 Å². The second-order valence-corrected chi connectivity index (χ2v) is 6.03. The van der Waals surface area contributed by atoms with Gasteiger partial charge in [0.15, 0.2) is 0 Å². The number of rotatable bonds is 9. The Bertz CT molecular complexity index is 289. The topological polar surface area (TPSA) is 61.8 Å². The minimum absolute atomic E-state index is 0.233. The van der Waals surface area contributed by atoms with Gasteiger partial charge in [-0.2, -0.15) is 0 Å². The summed E-state index contributed by atoms with van der Waals surface area (Å²) in [7, 11) is 0. The molecule has 0 aromatic carbocycles. The molecule has 0 aromatic heterocycles. The number of nitrogens with one attached hydrogen (secondary N) is 1. The Kier molecular flexibility index (Phi) is 6.76. The molecular weight excluding hydrogens is 256 g/mol. The van der Waals surface area contributed by atoms with Gasteiger partial charge in [-0.15, -0.1) is 0 Å². The number of piperidine rings is 1. The van der Waals surface area contributed by atoms with Gasteiger partial charge in [0.1, 0.15) is 0 Å². The molecule has 2 aliphatic rings. The van der Waals surface area contributed by atoms with E-state index in [2.05, 4.69) is 5.32 Å². The number of likely N-dealkylation sites (tertiary alicyclic amines) is 1. The fourth-order valence-electron chi connectivity index (χ4n) is 2.48. The van der Waals surface area contributed by atoms with Crippen LogP contribution < -0.4 is 5.32 Å². The first kappa shape index (κ1) is 15.7. The number of nitrogens with zero attached hydrogens (tertiary/aromatic N) is 1. The summed E-state index contributed by atoms with van der Waals surface area (Å²) < 4.78 is 5.43. The largest absolute Gasteiger partial charge is 0.389 e. The number of aliphatic hydroxyl groups is 1. The van der Waals surface area contributed by atoms with Gasteiger partial charge in [-0.05, 0) is 38.0 Å². The second-order valence-electron chi connectivity index (χ2n) is 6.03. The van der Waals surface area contributed by atoms with E-state index in [0.717, 1.165) is 38.5 Å². The van der Waals surface area contributed by atoms with Gasteiger partial charge in [-0.3, -0.25) is 4.79 Å². The third kappa shape index (κ3) is 6.20. The molecule has 1 saturated heterocycles. The predicted molar refractivity (Wildman–Crippen MR) is 77.5 cm³/mol. The van der Waals surface area contributed by atoms with Crippen molar-refractivity contribution < 1.29 is 14.6 Å². The van der Waals surface area contributed by atoms with Crippen molar-refractivity contribution in [3.05, 3.63) is 0 Å². The number of hydrogen-bond acceptors (Lipinski definition) is 4. The molecule has 1 atom stereocenters. The van der Waals surface area contributed by atoms with Crippen LogP contribution in [0.25, 0.3) is 0 Å². The van der Waals surface area contributed by atoms with E-state index in [1.165, 1.54) is 19.3 Å². The lowest BCUT2D eigenvalue weighted by Gasteiger charge is -2.26. The summed E-state index contributed by atoms with van der Waals surface area (Å²) in [5.74, 6) is 0.967. The molecule has 1 heterocycles. The molecule has 1 aliphatic heterocycles. The lowest BCUT2D eigenvalue weighted by atomic mass is 10.1. The Hall–Kier alpha value is -0.650. The molecule has 5 nitrogen and oxygen atoms in total. The second kappa shape index (κ2) is 8.60. The first-order chi connectivity index (χ1) is 9.75. The summed E-state index contributed by atoms with van der Waals surface area (Å²) in [6, 6.07) is 0. The molecule has 116 valence electrons. The quantitative estimate of drug-likeness (QED) is 0.614. The highest BCUT2D eigenvalue weighted by Crippen LogP contribution is 2.28. The van der Waals surface area contributed by atoms with E-state index >= 15 is 0 Å². The Morgan fingerprint density at radius 3 is 2.75 bits per heavy atom. The maximum atomic E-state index is 11.9. The monoisotopic (exact) mass is 284 g/mol. The summed E-state index contributed by atoms with van der Waals surface area (Å²) in [5.41, 5.74) is 0. The molecule has 0 aromatic rings. The Labute approximate surface area is 121 Å². The van der Waals surface area contributed by atoms with Crippen molar-refractivity contribution in [1.82, 2.24) is 10.2 Å². The van der Waals surface area contributed by atoms with E-state index in [4.69, 9.17) is 4.74 Å². The van der Waals surface area contributed by atoms with Crippen LogP contribution in [0.15, 0.2) is 0 Å². The van der Waals surface area contributed by atoms with Crippen molar-refractivity contribution in [2.75, 3.05) is 39.4 Å². The minimum Gasteiger partial charge on any atom is -0.389 e. The van der Waals surface area contributed by atoms with E-state index < -0.39 is 6.10 Å². The molecule has 0 radical (unpaired) electrons. The van der Waals surface area contributed by atoms with Gasteiger partial charge in [-0.25, -0.2) is 0 Å². The molecule has 2 fully saturated rings. The number of amides is 1. The average molecular weight is 284 g/mol. The number of hydrogen-bond donors (Lipinski definition) is 2. The predicted octanol–water partition coefficient (Wildman–Crippen LogP) is 0.766. The first-order valence-corrected chi connectivity index (χ1v) is 8.00. The summed E-state index contributed by atoms with van der Waals surface area (Å²) >= 11 is 0. The van der Waals surface area contributed by atoms with E-state index in [9.17, 15) is 9.90 Å². The van der Waals surface area contributed by atoms with Gasteiger partial charge in [0.25, 0.3) is 0 Å². The Balaban J connectivity index is 1.44. The summed E-state index contributed by atoms with van der Waals surface area (Å²) in [5, 5.41) is 12.8. The van der Waals surface area contributed by atoms with Crippen LogP contribution in [0.1, 0.15) is 38.5 Å². The number of carbonyl (C=O) groups is 1. The van der Waals surface area contributed by atoms with Gasteiger partial charge in [-0.1, -0.05) is 0 Å². The van der Waals surface area contributed by atoms with Crippen molar-refractivity contribution in [2.45, 2.75) is 44.6 Å². The molecule has 5 heteroatoms. The van der Waals surface area contributed by atoms with Crippen molar-refractivity contribution in [1.29, 1.82) is 0 Å². The van der Waals surface area contributed by atoms with Gasteiger partial charge < -0.3 is 20.1 Å². The maximum Gasteiger partial charge on any atom is 0.223 e. The Morgan fingerprint density at radius 2 is 2.05 bits per heavy atom. The molecule has 0 spiro atoms. The molecule has 1 aliphatic carbocycles. The van der Waals surface area contributed by atoms with Gasteiger partial charge in [0.2, 0.25) is 5.91 Å². The van der Waals surface area contributed by atoms with Crippen LogP contribution in [0.4, 0.5) is 0 Å². The number of ether oxygens (including phenoxy) is 1.